The van der Waals surface area contributed by atoms with Gasteiger partial charge in [-0.1, -0.05) is 38.3 Å². The van der Waals surface area contributed by atoms with E-state index in [1.807, 2.05) is 14.0 Å². The molecule has 0 heterocycles. The summed E-state index contributed by atoms with van der Waals surface area (Å²) in [6, 6.07) is 5.04. The second-order valence-electron chi connectivity index (χ2n) is 6.76. The van der Waals surface area contributed by atoms with E-state index in [2.05, 4.69) is 10.6 Å². The van der Waals surface area contributed by atoms with Crippen LogP contribution in [0.3, 0.4) is 0 Å². The quantitative estimate of drug-likeness (QED) is 0.560. The third kappa shape index (κ3) is 4.54. The Morgan fingerprint density at radius 3 is 2.46 bits per heavy atom. The largest absolute Gasteiger partial charge is 0.416 e. The van der Waals surface area contributed by atoms with Gasteiger partial charge in [-0.25, -0.2) is 0 Å². The van der Waals surface area contributed by atoms with Crippen LogP contribution in [0.1, 0.15) is 50.2 Å². The topological polar surface area (TPSA) is 41.1 Å². The molecule has 0 atom stereocenters. The highest BCUT2D eigenvalue weighted by Gasteiger charge is 2.36. The maximum Gasteiger partial charge on any atom is 0.416 e. The van der Waals surface area contributed by atoms with Gasteiger partial charge in [-0.05, 0) is 49.7 Å². The highest BCUT2D eigenvalue weighted by atomic mass is 19.4. The van der Waals surface area contributed by atoms with E-state index in [0.29, 0.717) is 24.0 Å². The normalized spacial score (nSPS) is 18.3. The first-order chi connectivity index (χ1) is 12.4. The zero-order valence-corrected chi connectivity index (χ0v) is 15.4. The minimum Gasteiger partial charge on any atom is -0.313 e. The van der Waals surface area contributed by atoms with Crippen LogP contribution in [-0.4, -0.2) is 32.0 Å². The molecule has 6 heteroatoms. The van der Waals surface area contributed by atoms with Crippen molar-refractivity contribution in [1.29, 1.82) is 0 Å². The summed E-state index contributed by atoms with van der Waals surface area (Å²) in [6.45, 7) is 3.16. The van der Waals surface area contributed by atoms with Crippen molar-refractivity contribution in [2.45, 2.75) is 50.7 Å². The zero-order valence-electron chi connectivity index (χ0n) is 15.4. The van der Waals surface area contributed by atoms with Crippen LogP contribution in [0.5, 0.6) is 0 Å². The van der Waals surface area contributed by atoms with Gasteiger partial charge in [0.15, 0.2) is 6.29 Å². The number of hydrogen-bond acceptors (Lipinski definition) is 3. The first kappa shape index (κ1) is 20.6. The highest BCUT2D eigenvalue weighted by Crippen LogP contribution is 2.38. The van der Waals surface area contributed by atoms with Gasteiger partial charge in [-0.3, -0.25) is 4.79 Å². The fourth-order valence-electron chi connectivity index (χ4n) is 3.81. The average Bonchev–Trinajstić information content (AvgIpc) is 2.65. The van der Waals surface area contributed by atoms with Crippen molar-refractivity contribution in [2.24, 2.45) is 0 Å². The standard InChI is InChI=1S/C20H27F3N2O/c1-3-25-13-18(19(24-2)10-5-4-6-11-19)17(14-26)15-8-7-9-16(12-15)20(21,22)23/h7-9,12,14,24-25H,3-6,10-11,13H2,1-2H3/b18-17+. The second-order valence-corrected chi connectivity index (χ2v) is 6.76. The summed E-state index contributed by atoms with van der Waals surface area (Å²) < 4.78 is 39.3. The fraction of sp³-hybridized carbons (Fsp3) is 0.550. The molecule has 1 aliphatic carbocycles. The van der Waals surface area contributed by atoms with E-state index in [9.17, 15) is 18.0 Å². The summed E-state index contributed by atoms with van der Waals surface area (Å²) in [5.41, 5.74) is 0.441. The minimum atomic E-state index is -4.43. The molecule has 0 bridgehead atoms. The van der Waals surface area contributed by atoms with Crippen molar-refractivity contribution in [3.8, 4) is 0 Å². The van der Waals surface area contributed by atoms with Gasteiger partial charge in [0.2, 0.25) is 0 Å². The van der Waals surface area contributed by atoms with Crippen molar-refractivity contribution in [3.05, 3.63) is 41.0 Å². The van der Waals surface area contributed by atoms with Gasteiger partial charge in [0.05, 0.1) is 5.56 Å². The Kier molecular flexibility index (Phi) is 7.01. The van der Waals surface area contributed by atoms with Gasteiger partial charge in [0.1, 0.15) is 0 Å². The van der Waals surface area contributed by atoms with E-state index in [0.717, 1.165) is 56.4 Å². The molecule has 2 rings (SSSR count). The predicted molar refractivity (Wildman–Crippen MR) is 97.8 cm³/mol. The molecule has 26 heavy (non-hydrogen) atoms. The van der Waals surface area contributed by atoms with Crippen molar-refractivity contribution >= 4 is 11.9 Å². The third-order valence-corrected chi connectivity index (χ3v) is 5.26. The Labute approximate surface area is 153 Å². The van der Waals surface area contributed by atoms with Crippen LogP contribution >= 0.6 is 0 Å². The molecule has 2 N–H and O–H groups in total. The maximum absolute atomic E-state index is 13.1. The van der Waals surface area contributed by atoms with Gasteiger partial charge in [0, 0.05) is 17.7 Å². The number of allylic oxidation sites excluding steroid dienone is 1. The number of carbonyl (C=O) groups is 1. The van der Waals surface area contributed by atoms with E-state index in [-0.39, 0.29) is 5.54 Å². The lowest BCUT2D eigenvalue weighted by Gasteiger charge is -2.40. The molecule has 1 fully saturated rings. The van der Waals surface area contributed by atoms with E-state index in [1.165, 1.54) is 6.07 Å². The van der Waals surface area contributed by atoms with E-state index >= 15 is 0 Å². The molecule has 1 saturated carbocycles. The van der Waals surface area contributed by atoms with Crippen LogP contribution in [0, 0.1) is 0 Å². The number of rotatable bonds is 7. The van der Waals surface area contributed by atoms with E-state index < -0.39 is 11.7 Å². The first-order valence-electron chi connectivity index (χ1n) is 9.14. The number of likely N-dealkylation sites (N-methyl/N-ethyl adjacent to an activating group) is 2. The average molecular weight is 368 g/mol. The molecule has 1 aliphatic rings. The molecule has 0 aromatic heterocycles. The molecule has 0 aliphatic heterocycles. The zero-order chi connectivity index (χ0) is 19.2. The van der Waals surface area contributed by atoms with Gasteiger partial charge in [-0.15, -0.1) is 0 Å². The van der Waals surface area contributed by atoms with Gasteiger partial charge < -0.3 is 10.6 Å². The van der Waals surface area contributed by atoms with Gasteiger partial charge in [0.25, 0.3) is 0 Å². The van der Waals surface area contributed by atoms with Crippen LogP contribution in [0.25, 0.3) is 5.57 Å². The highest BCUT2D eigenvalue weighted by molar-refractivity contribution is 6.09. The number of aldehydes is 1. The van der Waals surface area contributed by atoms with Crippen LogP contribution in [0.4, 0.5) is 13.2 Å². The molecule has 1 aromatic carbocycles. The lowest BCUT2D eigenvalue weighted by atomic mass is 9.73. The van der Waals surface area contributed by atoms with Crippen molar-refractivity contribution < 1.29 is 18.0 Å². The molecule has 0 saturated heterocycles. The van der Waals surface area contributed by atoms with Crippen molar-refractivity contribution in [3.63, 3.8) is 0 Å². The summed E-state index contributed by atoms with van der Waals surface area (Å²) in [6.07, 6.45) is 1.22. The van der Waals surface area contributed by atoms with Crippen LogP contribution < -0.4 is 10.6 Å². The lowest BCUT2D eigenvalue weighted by Crippen LogP contribution is -2.49. The Morgan fingerprint density at radius 2 is 1.92 bits per heavy atom. The van der Waals surface area contributed by atoms with Crippen LogP contribution in [0.2, 0.25) is 0 Å². The Balaban J connectivity index is 2.59. The van der Waals surface area contributed by atoms with Gasteiger partial charge >= 0.3 is 6.18 Å². The molecule has 0 amide bonds. The van der Waals surface area contributed by atoms with Gasteiger partial charge in [-0.2, -0.15) is 13.2 Å². The summed E-state index contributed by atoms with van der Waals surface area (Å²) in [5, 5.41) is 6.63. The van der Waals surface area contributed by atoms with Crippen LogP contribution in [0.15, 0.2) is 29.8 Å². The molecule has 0 unspecified atom stereocenters. The lowest BCUT2D eigenvalue weighted by molar-refractivity contribution is -0.137. The van der Waals surface area contributed by atoms with Crippen molar-refractivity contribution in [1.82, 2.24) is 10.6 Å². The van der Waals surface area contributed by atoms with Crippen LogP contribution in [-0.2, 0) is 11.0 Å². The molecule has 0 spiro atoms. The smallest absolute Gasteiger partial charge is 0.313 e. The first-order valence-corrected chi connectivity index (χ1v) is 9.14. The minimum absolute atomic E-state index is 0.322. The summed E-state index contributed by atoms with van der Waals surface area (Å²) in [4.78, 5) is 12.0. The molecule has 0 radical (unpaired) electrons. The number of carbonyl (C=O) groups excluding carboxylic acids is 1. The number of halogens is 3. The third-order valence-electron chi connectivity index (χ3n) is 5.26. The van der Waals surface area contributed by atoms with E-state index in [1.54, 1.807) is 6.07 Å². The molecule has 3 nitrogen and oxygen atoms in total. The Morgan fingerprint density at radius 1 is 1.23 bits per heavy atom. The second kappa shape index (κ2) is 8.82. The Hall–Kier alpha value is -1.66. The van der Waals surface area contributed by atoms with E-state index in [4.69, 9.17) is 0 Å². The summed E-state index contributed by atoms with van der Waals surface area (Å²) in [5.74, 6) is 0. The maximum atomic E-state index is 13.1. The molecule has 1 aromatic rings. The molecular weight excluding hydrogens is 341 g/mol. The number of nitrogens with one attached hydrogen (secondary N) is 2. The number of benzene rings is 1. The Bertz CT molecular complexity index is 647. The molecular formula is C20H27F3N2O. The summed E-state index contributed by atoms with van der Waals surface area (Å²) >= 11 is 0. The van der Waals surface area contributed by atoms with Crippen molar-refractivity contribution in [2.75, 3.05) is 20.1 Å². The fourth-order valence-corrected chi connectivity index (χ4v) is 3.81. The predicted octanol–water partition coefficient (Wildman–Crippen LogP) is 4.19. The SMILES string of the molecule is CCNC/C(=C(/C=O)c1cccc(C(F)(F)F)c1)C1(NC)CCCCC1. The number of hydrogen-bond donors (Lipinski definition) is 2. The molecule has 144 valence electrons. The summed E-state index contributed by atoms with van der Waals surface area (Å²) in [7, 11) is 1.87. The number of alkyl halides is 3. The monoisotopic (exact) mass is 368 g/mol.